The van der Waals surface area contributed by atoms with Gasteiger partial charge in [0, 0.05) is 17.7 Å². The number of fused-ring (bicyclic) bond motifs is 1. The Labute approximate surface area is 167 Å². The topological polar surface area (TPSA) is 100 Å². The molecule has 2 heterocycles. The third-order valence-corrected chi connectivity index (χ3v) is 5.73. The zero-order valence-electron chi connectivity index (χ0n) is 15.8. The van der Waals surface area contributed by atoms with E-state index in [4.69, 9.17) is 0 Å². The van der Waals surface area contributed by atoms with E-state index in [1.165, 1.54) is 24.0 Å². The van der Waals surface area contributed by atoms with Gasteiger partial charge in [-0.25, -0.2) is 4.68 Å². The van der Waals surface area contributed by atoms with Gasteiger partial charge >= 0.3 is 0 Å². The van der Waals surface area contributed by atoms with Crippen LogP contribution in [0.2, 0.25) is 0 Å². The fraction of sp³-hybridized carbons (Fsp3) is 0.227. The van der Waals surface area contributed by atoms with E-state index in [-0.39, 0.29) is 23.2 Å². The maximum absolute atomic E-state index is 13.3. The van der Waals surface area contributed by atoms with Gasteiger partial charge in [0.1, 0.15) is 12.4 Å². The first-order chi connectivity index (χ1) is 14.0. The summed E-state index contributed by atoms with van der Waals surface area (Å²) in [6.07, 6.45) is 2.54. The van der Waals surface area contributed by atoms with Crippen LogP contribution >= 0.6 is 0 Å². The Hall–Kier alpha value is -3.61. The summed E-state index contributed by atoms with van der Waals surface area (Å²) in [5.74, 6) is 0.259. The number of aryl methyl sites for hydroxylation is 1. The number of ketones is 1. The molecule has 2 atom stereocenters. The number of nitrogens with zero attached hydrogens (tertiary/aromatic N) is 3. The van der Waals surface area contributed by atoms with Gasteiger partial charge in [-0.05, 0) is 42.5 Å². The average Bonchev–Trinajstić information content (AvgIpc) is 3.17. The van der Waals surface area contributed by atoms with Gasteiger partial charge in [0.15, 0.2) is 17.3 Å². The van der Waals surface area contributed by atoms with E-state index in [2.05, 4.69) is 39.7 Å². The summed E-state index contributed by atoms with van der Waals surface area (Å²) in [6, 6.07) is 12.4. The molecule has 5 rings (SSSR count). The van der Waals surface area contributed by atoms with Crippen LogP contribution in [0.5, 0.6) is 11.5 Å². The molecule has 0 fully saturated rings. The van der Waals surface area contributed by atoms with Crippen LogP contribution in [0.4, 0.5) is 5.95 Å². The minimum absolute atomic E-state index is 0.0445. The Bertz CT molecular complexity index is 1150. The number of allylic oxidation sites excluding steroid dienone is 2. The van der Waals surface area contributed by atoms with Crippen molar-refractivity contribution in [3.63, 3.8) is 0 Å². The molecule has 0 radical (unpaired) electrons. The molecule has 0 saturated carbocycles. The molecular formula is C22H20N4O3. The summed E-state index contributed by atoms with van der Waals surface area (Å²) >= 11 is 0. The lowest BCUT2D eigenvalue weighted by Gasteiger charge is -2.35. The van der Waals surface area contributed by atoms with Gasteiger partial charge < -0.3 is 15.5 Å². The Morgan fingerprint density at radius 3 is 2.55 bits per heavy atom. The molecule has 0 saturated heterocycles. The van der Waals surface area contributed by atoms with Gasteiger partial charge in [0.2, 0.25) is 5.95 Å². The molecule has 1 aliphatic carbocycles. The van der Waals surface area contributed by atoms with Crippen LogP contribution in [0.25, 0.3) is 0 Å². The number of hydrogen-bond donors (Lipinski definition) is 3. The molecule has 2 unspecified atom stereocenters. The second kappa shape index (κ2) is 6.48. The highest BCUT2D eigenvalue weighted by atomic mass is 16.3. The van der Waals surface area contributed by atoms with E-state index in [9.17, 15) is 15.0 Å². The van der Waals surface area contributed by atoms with E-state index in [0.29, 0.717) is 29.9 Å². The molecule has 1 aliphatic heterocycles. The van der Waals surface area contributed by atoms with Crippen molar-refractivity contribution in [2.45, 2.75) is 31.7 Å². The van der Waals surface area contributed by atoms with Gasteiger partial charge in [0.25, 0.3) is 0 Å². The third-order valence-electron chi connectivity index (χ3n) is 5.73. The lowest BCUT2D eigenvalue weighted by Crippen LogP contribution is -2.33. The van der Waals surface area contributed by atoms with Crippen LogP contribution in [0.3, 0.4) is 0 Å². The van der Waals surface area contributed by atoms with Crippen molar-refractivity contribution in [2.24, 2.45) is 0 Å². The number of anilines is 1. The summed E-state index contributed by atoms with van der Waals surface area (Å²) in [5.41, 5.74) is 4.47. The number of carbonyl (C=O) groups excluding carboxylic acids is 1. The van der Waals surface area contributed by atoms with E-state index in [0.717, 1.165) is 11.3 Å². The molecule has 3 N–H and O–H groups in total. The number of carbonyl (C=O) groups is 1. The van der Waals surface area contributed by atoms with Crippen LogP contribution < -0.4 is 5.32 Å². The number of hydrogen-bond acceptors (Lipinski definition) is 6. The molecule has 7 nitrogen and oxygen atoms in total. The third kappa shape index (κ3) is 2.86. The molecule has 7 heteroatoms. The minimum atomic E-state index is -0.498. The van der Waals surface area contributed by atoms with Crippen molar-refractivity contribution >= 4 is 11.7 Å². The second-order valence-corrected chi connectivity index (χ2v) is 7.64. The van der Waals surface area contributed by atoms with Gasteiger partial charge in [0.05, 0.1) is 0 Å². The first-order valence-electron chi connectivity index (χ1n) is 9.52. The summed E-state index contributed by atoms with van der Waals surface area (Å²) in [4.78, 5) is 17.6. The maximum Gasteiger partial charge on any atom is 0.226 e. The first kappa shape index (κ1) is 17.5. The lowest BCUT2D eigenvalue weighted by atomic mass is 9.78. The number of nitrogens with one attached hydrogen (secondary N) is 1. The largest absolute Gasteiger partial charge is 0.504 e. The monoisotopic (exact) mass is 388 g/mol. The predicted octanol–water partition coefficient (Wildman–Crippen LogP) is 3.41. The van der Waals surface area contributed by atoms with Gasteiger partial charge in [-0.2, -0.15) is 10.1 Å². The number of rotatable bonds is 2. The Balaban J connectivity index is 1.59. The number of aromatic hydroxyl groups is 2. The van der Waals surface area contributed by atoms with Crippen molar-refractivity contribution in [3.8, 4) is 11.5 Å². The highest BCUT2D eigenvalue weighted by molar-refractivity contribution is 6.00. The Morgan fingerprint density at radius 1 is 1.03 bits per heavy atom. The SMILES string of the molecule is Cc1ccc(C2CC(=O)C3=C(C2)Nc2ncnn2C3c2ccc(O)c(O)c2)cc1. The molecule has 3 aromatic rings. The van der Waals surface area contributed by atoms with Crippen LogP contribution in [-0.4, -0.2) is 30.8 Å². The van der Waals surface area contributed by atoms with Crippen molar-refractivity contribution in [1.82, 2.24) is 14.8 Å². The molecular weight excluding hydrogens is 368 g/mol. The molecule has 1 aromatic heterocycles. The fourth-order valence-electron chi connectivity index (χ4n) is 4.24. The standard InChI is InChI=1S/C22H20N4O3/c1-12-2-4-13(5-3-12)15-8-16-20(19(29)10-15)21(26-22(25-16)23-11-24-26)14-6-7-17(27)18(28)9-14/h2-7,9,11,15,21,27-28H,8,10H2,1H3,(H,23,24,25). The van der Waals surface area contributed by atoms with Gasteiger partial charge in [-0.15, -0.1) is 0 Å². The highest BCUT2D eigenvalue weighted by Crippen LogP contribution is 2.44. The summed E-state index contributed by atoms with van der Waals surface area (Å²) in [7, 11) is 0. The van der Waals surface area contributed by atoms with E-state index < -0.39 is 6.04 Å². The zero-order valence-corrected chi connectivity index (χ0v) is 15.8. The quantitative estimate of drug-likeness (QED) is 0.582. The number of Topliss-reactive ketones (excluding diaryl/α,β-unsaturated/α-hetero) is 1. The summed E-state index contributed by atoms with van der Waals surface area (Å²) < 4.78 is 1.65. The summed E-state index contributed by atoms with van der Waals surface area (Å²) in [6.45, 7) is 2.05. The average molecular weight is 388 g/mol. The van der Waals surface area contributed by atoms with E-state index in [1.807, 2.05) is 6.92 Å². The fourth-order valence-corrected chi connectivity index (χ4v) is 4.24. The van der Waals surface area contributed by atoms with Crippen molar-refractivity contribution in [2.75, 3.05) is 5.32 Å². The molecule has 0 amide bonds. The summed E-state index contributed by atoms with van der Waals surface area (Å²) in [5, 5.41) is 27.3. The number of benzene rings is 2. The minimum Gasteiger partial charge on any atom is -0.504 e. The first-order valence-corrected chi connectivity index (χ1v) is 9.52. The Morgan fingerprint density at radius 2 is 1.79 bits per heavy atom. The molecule has 2 aromatic carbocycles. The van der Waals surface area contributed by atoms with Gasteiger partial charge in [-0.1, -0.05) is 35.9 Å². The normalized spacial score (nSPS) is 20.8. The zero-order chi connectivity index (χ0) is 20.1. The number of phenols is 2. The molecule has 0 bridgehead atoms. The van der Waals surface area contributed by atoms with Gasteiger partial charge in [-0.3, -0.25) is 4.79 Å². The second-order valence-electron chi connectivity index (χ2n) is 7.64. The lowest BCUT2D eigenvalue weighted by molar-refractivity contribution is -0.116. The van der Waals surface area contributed by atoms with Crippen molar-refractivity contribution in [1.29, 1.82) is 0 Å². The Kier molecular flexibility index (Phi) is 3.91. The molecule has 0 spiro atoms. The van der Waals surface area contributed by atoms with Crippen molar-refractivity contribution < 1.29 is 15.0 Å². The van der Waals surface area contributed by atoms with E-state index in [1.54, 1.807) is 10.7 Å². The number of aromatic nitrogens is 3. The van der Waals surface area contributed by atoms with E-state index >= 15 is 0 Å². The van der Waals surface area contributed by atoms with Crippen molar-refractivity contribution in [3.05, 3.63) is 76.8 Å². The smallest absolute Gasteiger partial charge is 0.226 e. The number of phenolic OH excluding ortho intramolecular Hbond substituents is 2. The highest BCUT2D eigenvalue weighted by Gasteiger charge is 2.39. The maximum atomic E-state index is 13.3. The predicted molar refractivity (Wildman–Crippen MR) is 107 cm³/mol. The van der Waals surface area contributed by atoms with Crippen LogP contribution in [0, 0.1) is 6.92 Å². The molecule has 146 valence electrons. The molecule has 2 aliphatic rings. The van der Waals surface area contributed by atoms with Crippen LogP contribution in [0.1, 0.15) is 41.5 Å². The molecule has 29 heavy (non-hydrogen) atoms. The van der Waals surface area contributed by atoms with Crippen LogP contribution in [0.15, 0.2) is 60.1 Å². The van der Waals surface area contributed by atoms with Crippen LogP contribution in [-0.2, 0) is 4.79 Å².